The van der Waals surface area contributed by atoms with Crippen LogP contribution in [0, 0.1) is 0 Å². The van der Waals surface area contributed by atoms with E-state index in [0.717, 1.165) is 29.9 Å². The van der Waals surface area contributed by atoms with Gasteiger partial charge in [0.2, 0.25) is 0 Å². The van der Waals surface area contributed by atoms with Crippen LogP contribution in [0.15, 0.2) is 10.9 Å². The fourth-order valence-electron chi connectivity index (χ4n) is 2.69. The first kappa shape index (κ1) is 21.0. The molecule has 1 aliphatic carbocycles. The van der Waals surface area contributed by atoms with Crippen LogP contribution in [0.2, 0.25) is 0 Å². The monoisotopic (exact) mass is 395 g/mol. The van der Waals surface area contributed by atoms with Crippen LogP contribution in [0.3, 0.4) is 0 Å². The second-order valence-electron chi connectivity index (χ2n) is 7.08. The number of thiazole rings is 1. The maximum atomic E-state index is 12.4. The maximum Gasteiger partial charge on any atom is 0.414 e. The molecule has 0 unspecified atom stereocenters. The fraction of sp³-hybridized carbons (Fsp3) is 0.556. The van der Waals surface area contributed by atoms with E-state index in [1.807, 2.05) is 4.40 Å². The second kappa shape index (κ2) is 8.62. The van der Waals surface area contributed by atoms with Gasteiger partial charge in [-0.15, -0.1) is 11.3 Å². The number of carboxylic acid groups (broad SMARTS) is 2. The zero-order valence-electron chi connectivity index (χ0n) is 15.7. The number of rotatable bonds is 4. The minimum absolute atomic E-state index is 0.0709. The minimum Gasteiger partial charge on any atom is -0.473 e. The van der Waals surface area contributed by atoms with Gasteiger partial charge < -0.3 is 15.5 Å². The molecule has 148 valence electrons. The highest BCUT2D eigenvalue weighted by atomic mass is 32.1. The van der Waals surface area contributed by atoms with Crippen molar-refractivity contribution < 1.29 is 19.8 Å². The first-order valence-corrected chi connectivity index (χ1v) is 9.70. The van der Waals surface area contributed by atoms with Crippen LogP contribution in [0.4, 0.5) is 0 Å². The van der Waals surface area contributed by atoms with E-state index in [0.29, 0.717) is 6.54 Å². The van der Waals surface area contributed by atoms with Gasteiger partial charge >= 0.3 is 11.9 Å². The fourth-order valence-corrected chi connectivity index (χ4v) is 3.92. The summed E-state index contributed by atoms with van der Waals surface area (Å²) >= 11 is 1.69. The van der Waals surface area contributed by atoms with Gasteiger partial charge in [0.05, 0.1) is 5.69 Å². The average Bonchev–Trinajstić information content (AvgIpc) is 2.99. The lowest BCUT2D eigenvalue weighted by Gasteiger charge is -2.24. The third kappa shape index (κ3) is 5.36. The third-order valence-corrected chi connectivity index (χ3v) is 5.77. The highest BCUT2D eigenvalue weighted by Gasteiger charge is 2.19. The molecule has 0 amide bonds. The van der Waals surface area contributed by atoms with Gasteiger partial charge in [0.25, 0.3) is 5.56 Å². The number of aryl methyl sites for hydroxylation is 2. The summed E-state index contributed by atoms with van der Waals surface area (Å²) in [6, 6.07) is 1.69. The van der Waals surface area contributed by atoms with E-state index in [4.69, 9.17) is 24.8 Å². The van der Waals surface area contributed by atoms with Crippen molar-refractivity contribution in [2.45, 2.75) is 65.0 Å². The van der Waals surface area contributed by atoms with Crippen LogP contribution in [0.5, 0.6) is 0 Å². The summed E-state index contributed by atoms with van der Waals surface area (Å²) in [5, 5.41) is 18.3. The lowest BCUT2D eigenvalue weighted by Crippen LogP contribution is -2.38. The Labute approximate surface area is 160 Å². The molecule has 1 aliphatic rings. The number of nitrogens with zero attached hydrogens (tertiary/aromatic N) is 2. The van der Waals surface area contributed by atoms with Crippen molar-refractivity contribution in [1.82, 2.24) is 14.7 Å². The summed E-state index contributed by atoms with van der Waals surface area (Å²) in [4.78, 5) is 37.5. The first-order chi connectivity index (χ1) is 12.6. The van der Waals surface area contributed by atoms with Gasteiger partial charge in [-0.05, 0) is 46.0 Å². The summed E-state index contributed by atoms with van der Waals surface area (Å²) in [7, 11) is 0. The number of fused-ring (bicyclic) bond motifs is 3. The number of carbonyl (C=O) groups is 2. The van der Waals surface area contributed by atoms with E-state index in [1.165, 1.54) is 23.4 Å². The lowest BCUT2D eigenvalue weighted by atomic mass is 10.0. The van der Waals surface area contributed by atoms with Gasteiger partial charge in [0.15, 0.2) is 4.96 Å². The van der Waals surface area contributed by atoms with Gasteiger partial charge in [-0.25, -0.2) is 14.6 Å². The van der Waals surface area contributed by atoms with Gasteiger partial charge in [0.1, 0.15) is 0 Å². The van der Waals surface area contributed by atoms with Crippen LogP contribution in [-0.2, 0) is 29.0 Å². The smallest absolute Gasteiger partial charge is 0.414 e. The van der Waals surface area contributed by atoms with Crippen LogP contribution >= 0.6 is 11.3 Å². The van der Waals surface area contributed by atoms with Gasteiger partial charge in [-0.1, -0.05) is 6.92 Å². The molecule has 3 rings (SSSR count). The molecular formula is C18H25N3O5S. The molecule has 0 saturated carbocycles. The minimum atomic E-state index is -1.82. The highest BCUT2D eigenvalue weighted by molar-refractivity contribution is 7.17. The highest BCUT2D eigenvalue weighted by Crippen LogP contribution is 2.28. The van der Waals surface area contributed by atoms with Crippen molar-refractivity contribution in [3.05, 3.63) is 32.7 Å². The predicted molar refractivity (Wildman–Crippen MR) is 102 cm³/mol. The predicted octanol–water partition coefficient (Wildman–Crippen LogP) is 2.07. The molecule has 0 saturated heterocycles. The quantitative estimate of drug-likeness (QED) is 0.678. The summed E-state index contributed by atoms with van der Waals surface area (Å²) in [5.41, 5.74) is 2.19. The van der Waals surface area contributed by atoms with Gasteiger partial charge in [-0.3, -0.25) is 9.20 Å². The normalized spacial score (nSPS) is 13.6. The van der Waals surface area contributed by atoms with E-state index < -0.39 is 11.9 Å². The zero-order valence-corrected chi connectivity index (χ0v) is 16.6. The van der Waals surface area contributed by atoms with Crippen molar-refractivity contribution in [3.8, 4) is 0 Å². The van der Waals surface area contributed by atoms with E-state index in [2.05, 4.69) is 26.1 Å². The number of carboxylic acids is 2. The van der Waals surface area contributed by atoms with Crippen LogP contribution in [0.1, 0.15) is 56.3 Å². The maximum absolute atomic E-state index is 12.4. The Morgan fingerprint density at radius 2 is 1.89 bits per heavy atom. The number of hydrogen-bond acceptors (Lipinski definition) is 6. The Bertz CT molecular complexity index is 888. The molecule has 3 N–H and O–H groups in total. The second-order valence-corrected chi connectivity index (χ2v) is 8.15. The molecule has 2 aromatic heterocycles. The number of aliphatic carboxylic acids is 2. The Balaban J connectivity index is 0.000000380. The molecule has 0 aromatic carbocycles. The van der Waals surface area contributed by atoms with Crippen molar-refractivity contribution in [2.75, 3.05) is 0 Å². The molecule has 2 heterocycles. The van der Waals surface area contributed by atoms with Crippen LogP contribution < -0.4 is 10.9 Å². The first-order valence-electron chi connectivity index (χ1n) is 8.89. The van der Waals surface area contributed by atoms with Gasteiger partial charge in [-0.2, -0.15) is 0 Å². The molecule has 0 fully saturated rings. The number of aromatic nitrogens is 2. The van der Waals surface area contributed by atoms with Crippen molar-refractivity contribution in [2.24, 2.45) is 0 Å². The van der Waals surface area contributed by atoms with Crippen molar-refractivity contribution in [3.63, 3.8) is 0 Å². The molecule has 0 atom stereocenters. The molecule has 9 heteroatoms. The Morgan fingerprint density at radius 3 is 2.48 bits per heavy atom. The van der Waals surface area contributed by atoms with Crippen molar-refractivity contribution >= 4 is 28.2 Å². The zero-order chi connectivity index (χ0) is 20.2. The molecule has 2 aromatic rings. The van der Waals surface area contributed by atoms with E-state index >= 15 is 0 Å². The SMILES string of the molecule is CCC(C)(C)NCc1cc(=O)n2c3c(sc2n1)CCCC3.O=C(O)C(=O)O. The van der Waals surface area contributed by atoms with Crippen molar-refractivity contribution in [1.29, 1.82) is 0 Å². The summed E-state index contributed by atoms with van der Waals surface area (Å²) in [6.07, 6.45) is 5.56. The Hall–Kier alpha value is -2.26. The molecule has 8 nitrogen and oxygen atoms in total. The van der Waals surface area contributed by atoms with Crippen LogP contribution in [-0.4, -0.2) is 37.1 Å². The largest absolute Gasteiger partial charge is 0.473 e. The molecule has 0 spiro atoms. The summed E-state index contributed by atoms with van der Waals surface area (Å²) < 4.78 is 1.83. The lowest BCUT2D eigenvalue weighted by molar-refractivity contribution is -0.159. The average molecular weight is 395 g/mol. The van der Waals surface area contributed by atoms with E-state index in [1.54, 1.807) is 17.4 Å². The molecule has 0 radical (unpaired) electrons. The standard InChI is InChI=1S/C16H23N3OS.C2H2O4/c1-4-16(2,3)17-10-11-9-14(20)19-12-7-5-6-8-13(12)21-15(19)18-11;3-1(4)2(5)6/h9,17H,4-8,10H2,1-3H3;(H,3,4)(H,5,6). The summed E-state index contributed by atoms with van der Waals surface area (Å²) in [5.74, 6) is -3.65. The molecule has 0 aliphatic heterocycles. The molecular weight excluding hydrogens is 370 g/mol. The topological polar surface area (TPSA) is 121 Å². The van der Waals surface area contributed by atoms with Gasteiger partial charge in [0, 0.05) is 28.7 Å². The molecule has 0 bridgehead atoms. The summed E-state index contributed by atoms with van der Waals surface area (Å²) in [6.45, 7) is 7.14. The van der Waals surface area contributed by atoms with E-state index in [-0.39, 0.29) is 11.1 Å². The van der Waals surface area contributed by atoms with E-state index in [9.17, 15) is 4.79 Å². The number of nitrogens with one attached hydrogen (secondary N) is 1. The van der Waals surface area contributed by atoms with Crippen LogP contribution in [0.25, 0.3) is 4.96 Å². The third-order valence-electron chi connectivity index (χ3n) is 4.63. The Morgan fingerprint density at radius 1 is 1.26 bits per heavy atom. The Kier molecular flexibility index (Phi) is 6.72. The molecule has 27 heavy (non-hydrogen) atoms. The number of hydrogen-bond donors (Lipinski definition) is 3.